The van der Waals surface area contributed by atoms with Crippen molar-refractivity contribution in [2.45, 2.75) is 31.8 Å². The van der Waals surface area contributed by atoms with Crippen LogP contribution < -0.4 is 17.0 Å². The molecule has 0 saturated heterocycles. The van der Waals surface area contributed by atoms with Crippen molar-refractivity contribution >= 4 is 23.2 Å². The standard InChI is InChI=1S/C19H23ClN4O3/c1-11(13-6-4-5-7-14(13)20)24(12-8-9-12)10-15(25)16-17(21)22(2)19(27)23(3)18(16)26/h4-7,11-12H,8-10,21H2,1-3H3. The van der Waals surface area contributed by atoms with E-state index in [0.717, 1.165) is 27.5 Å². The number of aromatic nitrogens is 2. The number of halogens is 1. The average molecular weight is 391 g/mol. The minimum atomic E-state index is -0.665. The van der Waals surface area contributed by atoms with Crippen LogP contribution in [0.15, 0.2) is 33.9 Å². The number of ketones is 1. The molecule has 144 valence electrons. The first-order valence-corrected chi connectivity index (χ1v) is 9.20. The number of nitrogen functional groups attached to an aromatic ring is 1. The summed E-state index contributed by atoms with van der Waals surface area (Å²) >= 11 is 6.33. The Kier molecular flexibility index (Phi) is 5.26. The zero-order valence-corrected chi connectivity index (χ0v) is 16.4. The molecule has 0 bridgehead atoms. The van der Waals surface area contributed by atoms with Crippen LogP contribution in [0, 0.1) is 0 Å². The maximum atomic E-state index is 13.0. The molecule has 0 amide bonds. The van der Waals surface area contributed by atoms with Gasteiger partial charge in [0.15, 0.2) is 5.78 Å². The molecule has 1 fully saturated rings. The van der Waals surface area contributed by atoms with Crippen molar-refractivity contribution in [2.24, 2.45) is 14.1 Å². The van der Waals surface area contributed by atoms with Crippen LogP contribution in [-0.4, -0.2) is 32.4 Å². The first kappa shape index (κ1) is 19.4. The van der Waals surface area contributed by atoms with Gasteiger partial charge in [0.05, 0.1) is 6.54 Å². The van der Waals surface area contributed by atoms with Gasteiger partial charge in [-0.2, -0.15) is 0 Å². The molecule has 1 aromatic carbocycles. The second-order valence-corrected chi connectivity index (χ2v) is 7.40. The van der Waals surface area contributed by atoms with Crippen molar-refractivity contribution in [1.82, 2.24) is 14.0 Å². The number of anilines is 1. The van der Waals surface area contributed by atoms with Gasteiger partial charge in [-0.05, 0) is 31.4 Å². The second-order valence-electron chi connectivity index (χ2n) is 6.99. The van der Waals surface area contributed by atoms with Crippen LogP contribution in [0.1, 0.15) is 41.7 Å². The monoisotopic (exact) mass is 390 g/mol. The molecule has 0 aliphatic heterocycles. The van der Waals surface area contributed by atoms with Gasteiger partial charge in [-0.25, -0.2) is 4.79 Å². The molecular weight excluding hydrogens is 368 g/mol. The minimum absolute atomic E-state index is 0.0364. The maximum Gasteiger partial charge on any atom is 0.332 e. The van der Waals surface area contributed by atoms with Crippen LogP contribution in [0.3, 0.4) is 0 Å². The fraction of sp³-hybridized carbons (Fsp3) is 0.421. The summed E-state index contributed by atoms with van der Waals surface area (Å²) in [6, 6.07) is 7.70. The molecule has 1 atom stereocenters. The van der Waals surface area contributed by atoms with Crippen LogP contribution >= 0.6 is 11.6 Å². The van der Waals surface area contributed by atoms with Gasteiger partial charge < -0.3 is 5.73 Å². The van der Waals surface area contributed by atoms with Crippen molar-refractivity contribution in [2.75, 3.05) is 12.3 Å². The molecule has 1 aromatic heterocycles. The summed E-state index contributed by atoms with van der Waals surface area (Å²) < 4.78 is 2.02. The smallest absolute Gasteiger partial charge is 0.332 e. The summed E-state index contributed by atoms with van der Waals surface area (Å²) in [5, 5.41) is 0.639. The van der Waals surface area contributed by atoms with E-state index >= 15 is 0 Å². The lowest BCUT2D eigenvalue weighted by Crippen LogP contribution is -2.44. The van der Waals surface area contributed by atoms with Gasteiger partial charge in [-0.15, -0.1) is 0 Å². The Morgan fingerprint density at radius 2 is 1.89 bits per heavy atom. The van der Waals surface area contributed by atoms with Gasteiger partial charge in [-0.3, -0.25) is 23.6 Å². The van der Waals surface area contributed by atoms with Crippen LogP contribution in [0.2, 0.25) is 5.02 Å². The summed E-state index contributed by atoms with van der Waals surface area (Å²) in [7, 11) is 2.78. The zero-order chi connectivity index (χ0) is 19.9. The Morgan fingerprint density at radius 3 is 2.48 bits per heavy atom. The largest absolute Gasteiger partial charge is 0.384 e. The van der Waals surface area contributed by atoms with Gasteiger partial charge in [0.1, 0.15) is 11.4 Å². The Bertz CT molecular complexity index is 1010. The summed E-state index contributed by atoms with van der Waals surface area (Å²) in [5.41, 5.74) is 5.49. The van der Waals surface area contributed by atoms with Crippen molar-refractivity contribution < 1.29 is 4.79 Å². The Balaban J connectivity index is 1.95. The molecule has 27 heavy (non-hydrogen) atoms. The molecule has 1 heterocycles. The van der Waals surface area contributed by atoms with Gasteiger partial charge in [0, 0.05) is 31.2 Å². The lowest BCUT2D eigenvalue weighted by molar-refractivity contribution is 0.0886. The molecule has 1 aliphatic carbocycles. The molecule has 0 radical (unpaired) electrons. The number of rotatable bonds is 6. The van der Waals surface area contributed by atoms with Gasteiger partial charge >= 0.3 is 5.69 Å². The van der Waals surface area contributed by atoms with Crippen LogP contribution in [0.5, 0.6) is 0 Å². The molecule has 8 heteroatoms. The maximum absolute atomic E-state index is 13.0. The van der Waals surface area contributed by atoms with Crippen molar-refractivity contribution in [3.05, 3.63) is 61.3 Å². The SMILES string of the molecule is CC(c1ccccc1Cl)N(CC(=O)c1c(N)n(C)c(=O)n(C)c1=O)C1CC1. The quantitative estimate of drug-likeness (QED) is 0.758. The molecule has 3 rings (SSSR count). The van der Waals surface area contributed by atoms with E-state index in [4.69, 9.17) is 17.3 Å². The first-order chi connectivity index (χ1) is 12.7. The van der Waals surface area contributed by atoms with Gasteiger partial charge in [-0.1, -0.05) is 29.8 Å². The van der Waals surface area contributed by atoms with E-state index in [1.165, 1.54) is 14.1 Å². The molecule has 0 spiro atoms. The predicted molar refractivity (Wildman–Crippen MR) is 105 cm³/mol. The lowest BCUT2D eigenvalue weighted by atomic mass is 10.1. The van der Waals surface area contributed by atoms with Crippen LogP contribution in [0.25, 0.3) is 0 Å². The number of nitrogens with two attached hydrogens (primary N) is 1. The summed E-state index contributed by atoms with van der Waals surface area (Å²) in [5.74, 6) is -0.497. The summed E-state index contributed by atoms with van der Waals surface area (Å²) in [6.07, 6.45) is 1.98. The van der Waals surface area contributed by atoms with Gasteiger partial charge in [0.25, 0.3) is 5.56 Å². The van der Waals surface area contributed by atoms with E-state index in [-0.39, 0.29) is 30.0 Å². The van der Waals surface area contributed by atoms with E-state index < -0.39 is 17.0 Å². The molecule has 1 unspecified atom stereocenters. The van der Waals surface area contributed by atoms with E-state index in [9.17, 15) is 14.4 Å². The molecule has 7 nitrogen and oxygen atoms in total. The molecule has 2 N–H and O–H groups in total. The number of carbonyl (C=O) groups excluding carboxylic acids is 1. The van der Waals surface area contributed by atoms with Crippen LogP contribution in [0.4, 0.5) is 5.82 Å². The Labute approximate surface area is 162 Å². The molecular formula is C19H23ClN4O3. The number of hydrogen-bond donors (Lipinski definition) is 1. The number of carbonyl (C=O) groups is 1. The lowest BCUT2D eigenvalue weighted by Gasteiger charge is -2.29. The molecule has 2 aromatic rings. The Morgan fingerprint density at radius 1 is 1.26 bits per heavy atom. The van der Waals surface area contributed by atoms with E-state index in [0.29, 0.717) is 5.02 Å². The van der Waals surface area contributed by atoms with E-state index in [1.54, 1.807) is 0 Å². The highest BCUT2D eigenvalue weighted by atomic mass is 35.5. The van der Waals surface area contributed by atoms with E-state index in [1.807, 2.05) is 36.1 Å². The highest BCUT2D eigenvalue weighted by Gasteiger charge is 2.35. The van der Waals surface area contributed by atoms with E-state index in [2.05, 4.69) is 0 Å². The highest BCUT2D eigenvalue weighted by Crippen LogP contribution is 2.36. The minimum Gasteiger partial charge on any atom is -0.384 e. The number of nitrogens with zero attached hydrogens (tertiary/aromatic N) is 3. The molecule has 1 aliphatic rings. The number of benzene rings is 1. The van der Waals surface area contributed by atoms with Crippen molar-refractivity contribution in [3.63, 3.8) is 0 Å². The molecule has 1 saturated carbocycles. The third-order valence-corrected chi connectivity index (χ3v) is 5.53. The third kappa shape index (κ3) is 3.57. The summed E-state index contributed by atoms with van der Waals surface area (Å²) in [4.78, 5) is 39.5. The second kappa shape index (κ2) is 7.32. The fourth-order valence-electron chi connectivity index (χ4n) is 3.35. The third-order valence-electron chi connectivity index (χ3n) is 5.18. The first-order valence-electron chi connectivity index (χ1n) is 8.82. The number of hydrogen-bond acceptors (Lipinski definition) is 5. The number of Topliss-reactive ketones (excluding diaryl/α,β-unsaturated/α-hetero) is 1. The van der Waals surface area contributed by atoms with Gasteiger partial charge in [0.2, 0.25) is 0 Å². The van der Waals surface area contributed by atoms with Crippen molar-refractivity contribution in [3.8, 4) is 0 Å². The zero-order valence-electron chi connectivity index (χ0n) is 15.6. The normalized spacial score (nSPS) is 15.1. The predicted octanol–water partition coefficient (Wildman–Crippen LogP) is 1.73. The Hall–Kier alpha value is -2.38. The van der Waals surface area contributed by atoms with Crippen LogP contribution in [-0.2, 0) is 14.1 Å². The average Bonchev–Trinajstić information content (AvgIpc) is 3.48. The fourth-order valence-corrected chi connectivity index (χ4v) is 3.64. The summed E-state index contributed by atoms with van der Waals surface area (Å²) in [6.45, 7) is 2.03. The highest BCUT2D eigenvalue weighted by molar-refractivity contribution is 6.31. The topological polar surface area (TPSA) is 90.3 Å². The van der Waals surface area contributed by atoms with Crippen molar-refractivity contribution in [1.29, 1.82) is 0 Å².